The van der Waals surface area contributed by atoms with Crippen molar-refractivity contribution in [2.24, 2.45) is 44.8 Å². The van der Waals surface area contributed by atoms with Crippen molar-refractivity contribution in [3.05, 3.63) is 23.8 Å². The molecule has 0 aromatic rings. The van der Waals surface area contributed by atoms with E-state index < -0.39 is 189 Å². The highest BCUT2D eigenvalue weighted by Crippen LogP contribution is 2.75. The van der Waals surface area contributed by atoms with Gasteiger partial charge in [0.25, 0.3) is 0 Å². The monoisotopic (exact) mass is 1190 g/mol. The normalized spacial score (nSPS) is 54.8. The highest BCUT2D eigenvalue weighted by Gasteiger charge is 2.70. The van der Waals surface area contributed by atoms with Gasteiger partial charge in [-0.15, -0.1) is 0 Å². The molecule has 15 N–H and O–H groups in total. The lowest BCUT2D eigenvalue weighted by Crippen LogP contribution is -2.67. The summed E-state index contributed by atoms with van der Waals surface area (Å²) < 4.78 is 60.0. The van der Waals surface area contributed by atoms with Gasteiger partial charge >= 0.3 is 5.97 Å². The lowest BCUT2D eigenvalue weighted by atomic mass is 9.34. The number of allylic oxidation sites excluding steroid dienone is 3. The number of esters is 1. The Balaban J connectivity index is 0.873. The van der Waals surface area contributed by atoms with Gasteiger partial charge in [-0.3, -0.25) is 4.79 Å². The molecule has 26 nitrogen and oxygen atoms in total. The van der Waals surface area contributed by atoms with Gasteiger partial charge in [0.1, 0.15) is 104 Å². The summed E-state index contributed by atoms with van der Waals surface area (Å²) in [6, 6.07) is 0. The van der Waals surface area contributed by atoms with Crippen LogP contribution < -0.4 is 0 Å². The molecule has 0 radical (unpaired) electrons. The molecule has 0 aromatic heterocycles. The van der Waals surface area contributed by atoms with E-state index in [9.17, 15) is 76.6 Å². The van der Waals surface area contributed by atoms with Crippen molar-refractivity contribution in [1.29, 1.82) is 0 Å². The first kappa shape index (κ1) is 64.0. The summed E-state index contributed by atoms with van der Waals surface area (Å²) in [4.78, 5) is 15.0. The minimum absolute atomic E-state index is 0.0702. The van der Waals surface area contributed by atoms with Crippen molar-refractivity contribution < 1.29 is 129 Å². The van der Waals surface area contributed by atoms with Gasteiger partial charge < -0.3 is 124 Å². The van der Waals surface area contributed by atoms with Crippen molar-refractivity contribution in [2.75, 3.05) is 33.0 Å². The third-order valence-corrected chi connectivity index (χ3v) is 22.3. The molecular weight excluding hydrogens is 1100 g/mol. The molecule has 4 saturated carbocycles. The third-order valence-electron chi connectivity index (χ3n) is 22.3. The Hall–Kier alpha value is -2.01. The smallest absolute Gasteiger partial charge is 0.315 e. The van der Waals surface area contributed by atoms with Gasteiger partial charge in [0.15, 0.2) is 25.2 Å². The van der Waals surface area contributed by atoms with E-state index in [0.29, 0.717) is 57.8 Å². The van der Waals surface area contributed by atoms with Crippen LogP contribution in [0.4, 0.5) is 0 Å². The largest absolute Gasteiger partial charge is 0.432 e. The molecule has 10 rings (SSSR count). The summed E-state index contributed by atoms with van der Waals surface area (Å²) >= 11 is 0. The Morgan fingerprint density at radius 1 is 0.614 bits per heavy atom. The van der Waals surface area contributed by atoms with Crippen molar-refractivity contribution in [2.45, 2.75) is 246 Å². The van der Waals surface area contributed by atoms with E-state index in [4.69, 9.17) is 47.4 Å². The Morgan fingerprint density at radius 2 is 1.23 bits per heavy atom. The molecule has 0 aromatic carbocycles. The maximum atomic E-state index is 15.0. The van der Waals surface area contributed by atoms with Crippen LogP contribution in [0.1, 0.15) is 98.8 Å². The van der Waals surface area contributed by atoms with E-state index in [1.165, 1.54) is 6.92 Å². The molecule has 5 heterocycles. The van der Waals surface area contributed by atoms with Crippen molar-refractivity contribution in [3.8, 4) is 0 Å². The van der Waals surface area contributed by atoms with E-state index >= 15 is 4.79 Å². The van der Waals surface area contributed by atoms with Crippen LogP contribution in [0.3, 0.4) is 0 Å². The van der Waals surface area contributed by atoms with Gasteiger partial charge in [-0.1, -0.05) is 51.5 Å². The first-order chi connectivity index (χ1) is 39.1. The van der Waals surface area contributed by atoms with E-state index in [2.05, 4.69) is 33.4 Å². The number of fused-ring (bicyclic) bond motifs is 7. The zero-order chi connectivity index (χ0) is 60.2. The maximum Gasteiger partial charge on any atom is 0.315 e. The summed E-state index contributed by atoms with van der Waals surface area (Å²) in [6.45, 7) is 12.4. The summed E-state index contributed by atoms with van der Waals surface area (Å²) in [5.74, 6) is -1.07. The van der Waals surface area contributed by atoms with Crippen LogP contribution in [0.25, 0.3) is 0 Å². The zero-order valence-electron chi connectivity index (χ0n) is 47.7. The number of hydrogen-bond donors (Lipinski definition) is 15. The number of carbonyl (C=O) groups is 1. The predicted molar refractivity (Wildman–Crippen MR) is 279 cm³/mol. The highest BCUT2D eigenvalue weighted by atomic mass is 16.8. The molecule has 0 bridgehead atoms. The minimum atomic E-state index is -1.87. The second-order valence-electron chi connectivity index (χ2n) is 26.6. The van der Waals surface area contributed by atoms with E-state index in [1.54, 1.807) is 0 Å². The van der Waals surface area contributed by atoms with Crippen LogP contribution in [0.15, 0.2) is 23.8 Å². The van der Waals surface area contributed by atoms with Crippen LogP contribution in [0.5, 0.6) is 0 Å². The van der Waals surface area contributed by atoms with Crippen LogP contribution in [0, 0.1) is 44.8 Å². The summed E-state index contributed by atoms with van der Waals surface area (Å²) in [6.07, 6.45) is -29.5. The molecule has 26 heteroatoms. The van der Waals surface area contributed by atoms with E-state index in [1.807, 2.05) is 6.92 Å². The molecule has 32 atom stereocenters. The van der Waals surface area contributed by atoms with Gasteiger partial charge in [0, 0.05) is 11.3 Å². The molecule has 0 amide bonds. The fourth-order valence-corrected chi connectivity index (χ4v) is 16.9. The Bertz CT molecular complexity index is 2330. The Labute approximate surface area is 481 Å². The average Bonchev–Trinajstić information content (AvgIpc) is 0.802. The summed E-state index contributed by atoms with van der Waals surface area (Å²) in [5, 5.41) is 161. The van der Waals surface area contributed by atoms with Crippen molar-refractivity contribution in [3.63, 3.8) is 0 Å². The molecule has 83 heavy (non-hydrogen) atoms. The van der Waals surface area contributed by atoms with Gasteiger partial charge in [-0.05, 0) is 99.2 Å². The molecular formula is C57H90O26. The number of hydrogen-bond acceptors (Lipinski definition) is 26. The van der Waals surface area contributed by atoms with Crippen LogP contribution in [-0.2, 0) is 52.2 Å². The molecule has 0 spiro atoms. The topological polar surface area (TPSA) is 413 Å². The molecule has 5 saturated heterocycles. The number of ether oxygens (including phenoxy) is 10. The average molecular weight is 1190 g/mol. The number of rotatable bonds is 13. The lowest BCUT2D eigenvalue weighted by molar-refractivity contribution is -0.384. The maximum absolute atomic E-state index is 15.0. The molecule has 5 aliphatic heterocycles. The van der Waals surface area contributed by atoms with E-state index in [0.717, 1.165) is 17.6 Å². The molecule has 10 aliphatic rings. The Kier molecular flexibility index (Phi) is 18.6. The Morgan fingerprint density at radius 3 is 1.93 bits per heavy atom. The van der Waals surface area contributed by atoms with Crippen LogP contribution >= 0.6 is 0 Å². The second kappa shape index (κ2) is 24.1. The van der Waals surface area contributed by atoms with Crippen molar-refractivity contribution >= 4 is 5.97 Å². The predicted octanol–water partition coefficient (Wildman–Crippen LogP) is -3.40. The minimum Gasteiger partial charge on any atom is -0.432 e. The number of aliphatic hydroxyl groups is 15. The first-order valence-corrected chi connectivity index (χ1v) is 29.5. The quantitative estimate of drug-likeness (QED) is 0.0485. The van der Waals surface area contributed by atoms with Crippen LogP contribution in [-0.4, -0.2) is 263 Å². The van der Waals surface area contributed by atoms with Crippen molar-refractivity contribution in [1.82, 2.24) is 0 Å². The second-order valence-corrected chi connectivity index (χ2v) is 26.6. The first-order valence-electron chi connectivity index (χ1n) is 29.5. The van der Waals surface area contributed by atoms with E-state index in [-0.39, 0.29) is 41.8 Å². The highest BCUT2D eigenvalue weighted by molar-refractivity contribution is 5.79. The van der Waals surface area contributed by atoms with Gasteiger partial charge in [0.2, 0.25) is 6.29 Å². The molecule has 32 unspecified atom stereocenters. The molecule has 5 aliphatic carbocycles. The van der Waals surface area contributed by atoms with Gasteiger partial charge in [0.05, 0.1) is 50.7 Å². The molecule has 474 valence electrons. The zero-order valence-corrected chi connectivity index (χ0v) is 47.7. The lowest BCUT2D eigenvalue weighted by Gasteiger charge is -2.71. The number of aliphatic hydroxyl groups excluding tert-OH is 15. The summed E-state index contributed by atoms with van der Waals surface area (Å²) in [5.41, 5.74) is -1.10. The fourth-order valence-electron chi connectivity index (χ4n) is 16.9. The summed E-state index contributed by atoms with van der Waals surface area (Å²) in [7, 11) is 0. The number of carbonyl (C=O) groups excluding carboxylic acids is 1. The third kappa shape index (κ3) is 10.7. The standard InChI is InChI=1S/C57H90O26/c1-23-9-14-57(52(73)83-50-44(72)40(68)37(65)30(79-50)21-76-47-42(70)39(67)36(64)29(18-58)78-47)16-15-55(5)25(26(57)17-23)7-8-32-53(3)12-11-33(54(4,22-59)31(53)10-13-56(32,55)6)80-51-46(82-49-43(71)38(66)34(62)24(2)77-49)45(28(61)20-75-51)81-48-41(69)35(63)27(60)19-74-48/h7,24,26-51,58-72H,1,8-22H2,2-6H3. The fraction of sp³-hybridized carbons (Fsp3) is 0.912. The van der Waals surface area contributed by atoms with Gasteiger partial charge in [-0.2, -0.15) is 0 Å². The SMILES string of the molecule is C=C1CCC2(C(=O)OC3OC(COC4OC(CO)C(O)C(O)C4O)C(O)C(O)C3O)CCC3(C)C(=CCC4C5(C)CCC(OC6OCC(O)C(OC7OCC(O)C(O)C7O)C6OC6OC(C)C(O)C(O)C6O)C(C)(CO)C5CCC43C)C2C1. The van der Waals surface area contributed by atoms with Gasteiger partial charge in [-0.25, -0.2) is 0 Å². The molecule has 9 fully saturated rings. The van der Waals surface area contributed by atoms with Crippen LogP contribution in [0.2, 0.25) is 0 Å².